The second kappa shape index (κ2) is 9.60. The molecule has 1 unspecified atom stereocenters. The van der Waals surface area contributed by atoms with E-state index < -0.39 is 36.1 Å². The van der Waals surface area contributed by atoms with Crippen molar-refractivity contribution in [2.24, 2.45) is 0 Å². The van der Waals surface area contributed by atoms with Crippen LogP contribution in [0, 0.1) is 0 Å². The molecule has 1 fully saturated rings. The Hall–Kier alpha value is -4.18. The number of benzene rings is 3. The van der Waals surface area contributed by atoms with Gasteiger partial charge >= 0.3 is 0 Å². The number of aliphatic hydroxyl groups excluding tert-OH is 2. The van der Waals surface area contributed by atoms with Crippen molar-refractivity contribution in [1.29, 1.82) is 0 Å². The number of hydrogen-bond donors (Lipinski definition) is 3. The highest BCUT2D eigenvalue weighted by Crippen LogP contribution is 2.47. The average molecular weight is 512 g/mol. The van der Waals surface area contributed by atoms with Gasteiger partial charge in [-0.25, -0.2) is 19.3 Å². The number of alkyl halides is 1. The molecule has 4 N–H and O–H groups in total. The quantitative estimate of drug-likeness (QED) is 0.299. The summed E-state index contributed by atoms with van der Waals surface area (Å²) in [6, 6.07) is 28.5. The lowest BCUT2D eigenvalue weighted by molar-refractivity contribution is -0.0965. The summed E-state index contributed by atoms with van der Waals surface area (Å²) in [5.74, 6) is 0.149. The first-order chi connectivity index (χ1) is 18.5. The Labute approximate surface area is 218 Å². The van der Waals surface area contributed by atoms with Gasteiger partial charge in [-0.15, -0.1) is 0 Å². The summed E-state index contributed by atoms with van der Waals surface area (Å²) in [6.45, 7) is 0. The predicted molar refractivity (Wildman–Crippen MR) is 140 cm³/mol. The van der Waals surface area contributed by atoms with Gasteiger partial charge in [-0.3, -0.25) is 4.57 Å². The van der Waals surface area contributed by atoms with Crippen molar-refractivity contribution >= 4 is 17.0 Å². The van der Waals surface area contributed by atoms with Gasteiger partial charge in [0.25, 0.3) is 0 Å². The average Bonchev–Trinajstić information content (AvgIpc) is 3.52. The van der Waals surface area contributed by atoms with Crippen LogP contribution in [0.15, 0.2) is 104 Å². The first kappa shape index (κ1) is 24.2. The van der Waals surface area contributed by atoms with Crippen LogP contribution in [-0.4, -0.2) is 54.2 Å². The van der Waals surface area contributed by atoms with Crippen molar-refractivity contribution in [3.8, 4) is 0 Å². The third-order valence-electron chi connectivity index (χ3n) is 7.34. The second-order valence-corrected chi connectivity index (χ2v) is 9.36. The molecule has 38 heavy (non-hydrogen) atoms. The maximum absolute atomic E-state index is 15.8. The second-order valence-electron chi connectivity index (χ2n) is 9.36. The number of imidazole rings is 1. The predicted octanol–water partition coefficient (Wildman–Crippen LogP) is 3.40. The third kappa shape index (κ3) is 3.66. The highest BCUT2D eigenvalue weighted by atomic mass is 19.1. The standard InChI is InChI=1S/C29H26FN5O3/c30-21-23(36)24(38-28(21)35-17-34-22-26(31)32-16-33-27(22)35)25(37)29(18-10-4-1-5-11-18,19-12-6-2-7-13-19)20-14-8-3-9-15-20/h1-17,21,23-25,28,36-37H,(H2,31,32,33)/t21-,23+,24+,25?,28-/m1/s1. The molecule has 0 spiro atoms. The Morgan fingerprint density at radius 2 is 1.37 bits per heavy atom. The first-order valence-corrected chi connectivity index (χ1v) is 12.3. The monoisotopic (exact) mass is 511 g/mol. The molecule has 192 valence electrons. The summed E-state index contributed by atoms with van der Waals surface area (Å²) in [7, 11) is 0. The van der Waals surface area contributed by atoms with Gasteiger partial charge in [0.15, 0.2) is 23.9 Å². The maximum atomic E-state index is 15.8. The van der Waals surface area contributed by atoms with E-state index in [1.54, 1.807) is 0 Å². The summed E-state index contributed by atoms with van der Waals surface area (Å²) >= 11 is 0. The highest BCUT2D eigenvalue weighted by Gasteiger charge is 2.56. The van der Waals surface area contributed by atoms with Gasteiger partial charge in [0.1, 0.15) is 30.2 Å². The zero-order valence-electron chi connectivity index (χ0n) is 20.2. The van der Waals surface area contributed by atoms with E-state index in [-0.39, 0.29) is 11.5 Å². The van der Waals surface area contributed by atoms with Gasteiger partial charge < -0.3 is 20.7 Å². The van der Waals surface area contributed by atoms with Crippen LogP contribution in [0.5, 0.6) is 0 Å². The Kier molecular flexibility index (Phi) is 6.11. The molecule has 3 heterocycles. The highest BCUT2D eigenvalue weighted by molar-refractivity contribution is 5.81. The summed E-state index contributed by atoms with van der Waals surface area (Å²) in [5, 5.41) is 23.4. The number of nitrogen functional groups attached to an aromatic ring is 1. The van der Waals surface area contributed by atoms with Crippen LogP contribution < -0.4 is 5.73 Å². The van der Waals surface area contributed by atoms with E-state index in [1.165, 1.54) is 17.2 Å². The van der Waals surface area contributed by atoms with E-state index in [0.29, 0.717) is 5.52 Å². The van der Waals surface area contributed by atoms with Gasteiger partial charge in [-0.05, 0) is 16.7 Å². The van der Waals surface area contributed by atoms with Crippen LogP contribution in [0.1, 0.15) is 22.9 Å². The molecule has 1 aliphatic heterocycles. The molecule has 2 aromatic heterocycles. The Bertz CT molecular complexity index is 1440. The van der Waals surface area contributed by atoms with E-state index in [4.69, 9.17) is 10.5 Å². The minimum Gasteiger partial charge on any atom is -0.389 e. The molecular weight excluding hydrogens is 485 g/mol. The van der Waals surface area contributed by atoms with Gasteiger partial charge in [0.05, 0.1) is 11.7 Å². The lowest BCUT2D eigenvalue weighted by atomic mass is 9.64. The molecular formula is C29H26FN5O3. The zero-order valence-corrected chi connectivity index (χ0v) is 20.2. The lowest BCUT2D eigenvalue weighted by Crippen LogP contribution is -2.52. The van der Waals surface area contributed by atoms with Crippen molar-refractivity contribution in [2.45, 2.75) is 36.1 Å². The number of hydrogen-bond acceptors (Lipinski definition) is 7. The van der Waals surface area contributed by atoms with Crippen LogP contribution in [-0.2, 0) is 10.2 Å². The molecule has 0 radical (unpaired) electrons. The van der Waals surface area contributed by atoms with E-state index in [9.17, 15) is 10.2 Å². The molecule has 1 saturated heterocycles. The van der Waals surface area contributed by atoms with Gasteiger partial charge in [-0.1, -0.05) is 91.0 Å². The summed E-state index contributed by atoms with van der Waals surface area (Å²) in [6.07, 6.45) is -4.87. The zero-order chi connectivity index (χ0) is 26.3. The largest absolute Gasteiger partial charge is 0.389 e. The minimum absolute atomic E-state index is 0.149. The van der Waals surface area contributed by atoms with E-state index in [2.05, 4.69) is 15.0 Å². The number of anilines is 1. The Morgan fingerprint density at radius 3 is 1.89 bits per heavy atom. The number of aromatic nitrogens is 4. The molecule has 8 nitrogen and oxygen atoms in total. The Balaban J connectivity index is 1.50. The van der Waals surface area contributed by atoms with Crippen LogP contribution in [0.2, 0.25) is 0 Å². The fourth-order valence-corrected chi connectivity index (χ4v) is 5.56. The number of halogens is 1. The minimum atomic E-state index is -1.87. The van der Waals surface area contributed by atoms with E-state index in [0.717, 1.165) is 16.7 Å². The number of fused-ring (bicyclic) bond motifs is 1. The molecule has 9 heteroatoms. The van der Waals surface area contributed by atoms with Crippen molar-refractivity contribution in [1.82, 2.24) is 19.5 Å². The fourth-order valence-electron chi connectivity index (χ4n) is 5.56. The van der Waals surface area contributed by atoms with Crippen LogP contribution in [0.25, 0.3) is 11.2 Å². The van der Waals surface area contributed by atoms with Crippen molar-refractivity contribution in [3.05, 3.63) is 120 Å². The van der Waals surface area contributed by atoms with E-state index in [1.807, 2.05) is 91.0 Å². The first-order valence-electron chi connectivity index (χ1n) is 12.3. The topological polar surface area (TPSA) is 119 Å². The van der Waals surface area contributed by atoms with Gasteiger partial charge in [0.2, 0.25) is 0 Å². The molecule has 0 saturated carbocycles. The molecule has 0 aliphatic carbocycles. The van der Waals surface area contributed by atoms with Crippen LogP contribution in [0.4, 0.5) is 10.2 Å². The number of rotatable bonds is 6. The summed E-state index contributed by atoms with van der Waals surface area (Å²) in [4.78, 5) is 12.3. The van der Waals surface area contributed by atoms with Crippen molar-refractivity contribution < 1.29 is 19.3 Å². The number of nitrogens with two attached hydrogens (primary N) is 1. The number of ether oxygens (including phenoxy) is 1. The molecule has 5 atom stereocenters. The maximum Gasteiger partial charge on any atom is 0.173 e. The molecule has 0 bridgehead atoms. The molecule has 1 aliphatic rings. The molecule has 3 aromatic carbocycles. The van der Waals surface area contributed by atoms with Crippen molar-refractivity contribution in [2.75, 3.05) is 5.73 Å². The number of aliphatic hydroxyl groups is 2. The summed E-state index contributed by atoms with van der Waals surface area (Å²) in [5.41, 5.74) is 7.60. The van der Waals surface area contributed by atoms with Crippen LogP contribution in [0.3, 0.4) is 0 Å². The number of nitrogens with zero attached hydrogens (tertiary/aromatic N) is 4. The summed E-state index contributed by atoms with van der Waals surface area (Å²) < 4.78 is 23.3. The van der Waals surface area contributed by atoms with Crippen LogP contribution >= 0.6 is 0 Å². The van der Waals surface area contributed by atoms with Gasteiger partial charge in [-0.2, -0.15) is 0 Å². The van der Waals surface area contributed by atoms with Crippen molar-refractivity contribution in [3.63, 3.8) is 0 Å². The molecule has 6 rings (SSSR count). The smallest absolute Gasteiger partial charge is 0.173 e. The molecule has 0 amide bonds. The fraction of sp³-hybridized carbons (Fsp3) is 0.207. The molecule has 5 aromatic rings. The van der Waals surface area contributed by atoms with E-state index >= 15 is 4.39 Å². The van der Waals surface area contributed by atoms with Gasteiger partial charge in [0, 0.05) is 0 Å². The SMILES string of the molecule is Nc1ncnc2c1ncn2[C@@H]1O[C@H](C(O)C(c2ccccc2)(c2ccccc2)c2ccccc2)[C@@H](O)[C@H]1F. The Morgan fingerprint density at radius 1 is 0.842 bits per heavy atom. The third-order valence-corrected chi connectivity index (χ3v) is 7.34. The normalized spacial score (nSPS) is 22.5. The lowest BCUT2D eigenvalue weighted by Gasteiger charge is -2.42.